The highest BCUT2D eigenvalue weighted by atomic mass is 32.2. The highest BCUT2D eigenvalue weighted by Crippen LogP contribution is 2.18. The van der Waals surface area contributed by atoms with E-state index < -0.39 is 11.3 Å². The number of nitrogens with zero attached hydrogens (tertiary/aromatic N) is 3. The standard InChI is InChI=1S/C7H11N3O2S2/c11-14(12)10-4-2-9(3-5-10)7-8-1-6-13-7/h1,6H,2-5H2,(H,11,12). The van der Waals surface area contributed by atoms with Gasteiger partial charge in [-0.15, -0.1) is 11.3 Å². The maximum Gasteiger partial charge on any atom is 0.234 e. The number of thiazole rings is 1. The fraction of sp³-hybridized carbons (Fsp3) is 0.571. The van der Waals surface area contributed by atoms with E-state index in [-0.39, 0.29) is 0 Å². The van der Waals surface area contributed by atoms with Gasteiger partial charge in [-0.25, -0.2) is 9.19 Å². The number of rotatable bonds is 2. The summed E-state index contributed by atoms with van der Waals surface area (Å²) in [4.78, 5) is 6.33. The first-order valence-electron chi connectivity index (χ1n) is 4.28. The Bertz CT molecular complexity index is 309. The summed E-state index contributed by atoms with van der Waals surface area (Å²) in [5, 5.41) is 2.93. The summed E-state index contributed by atoms with van der Waals surface area (Å²) in [7, 11) is 0. The maximum absolute atomic E-state index is 10.8. The fourth-order valence-electron chi connectivity index (χ4n) is 1.41. The number of hydrogen-bond donors (Lipinski definition) is 1. The highest BCUT2D eigenvalue weighted by molar-refractivity contribution is 7.76. The summed E-state index contributed by atoms with van der Waals surface area (Å²) in [6, 6.07) is 0. The van der Waals surface area contributed by atoms with Crippen LogP contribution in [-0.4, -0.2) is 44.2 Å². The molecule has 5 nitrogen and oxygen atoms in total. The van der Waals surface area contributed by atoms with Crippen LogP contribution < -0.4 is 4.90 Å². The summed E-state index contributed by atoms with van der Waals surface area (Å²) in [5.74, 6) is 0. The van der Waals surface area contributed by atoms with Gasteiger partial charge in [-0.3, -0.25) is 4.55 Å². The van der Waals surface area contributed by atoms with E-state index in [0.29, 0.717) is 13.1 Å². The molecule has 1 aromatic rings. The summed E-state index contributed by atoms with van der Waals surface area (Å²) >= 11 is -0.227. The van der Waals surface area contributed by atoms with E-state index >= 15 is 0 Å². The second-order valence-electron chi connectivity index (χ2n) is 2.96. The molecule has 1 aliphatic heterocycles. The molecule has 0 aliphatic carbocycles. The van der Waals surface area contributed by atoms with Gasteiger partial charge >= 0.3 is 0 Å². The molecular formula is C7H11N3O2S2. The first-order valence-corrected chi connectivity index (χ1v) is 6.22. The first kappa shape index (κ1) is 10.0. The van der Waals surface area contributed by atoms with Gasteiger partial charge < -0.3 is 4.90 Å². The third-order valence-electron chi connectivity index (χ3n) is 2.15. The van der Waals surface area contributed by atoms with Crippen LogP contribution in [0.15, 0.2) is 11.6 Å². The second kappa shape index (κ2) is 4.35. The number of anilines is 1. The number of hydrogen-bond acceptors (Lipinski definition) is 4. The minimum absolute atomic E-state index is 0.614. The highest BCUT2D eigenvalue weighted by Gasteiger charge is 2.21. The minimum Gasteiger partial charge on any atom is -0.345 e. The van der Waals surface area contributed by atoms with Crippen molar-refractivity contribution in [3.8, 4) is 0 Å². The zero-order valence-corrected chi connectivity index (χ0v) is 9.13. The van der Waals surface area contributed by atoms with Gasteiger partial charge in [-0.05, 0) is 0 Å². The zero-order valence-electron chi connectivity index (χ0n) is 7.50. The molecule has 78 valence electrons. The molecule has 1 aliphatic rings. The molecule has 14 heavy (non-hydrogen) atoms. The quantitative estimate of drug-likeness (QED) is 0.751. The third-order valence-corrected chi connectivity index (χ3v) is 3.79. The van der Waals surface area contributed by atoms with Crippen LogP contribution in [0.1, 0.15) is 0 Å². The van der Waals surface area contributed by atoms with E-state index in [4.69, 9.17) is 4.55 Å². The van der Waals surface area contributed by atoms with Crippen LogP contribution in [-0.2, 0) is 11.3 Å². The first-order chi connectivity index (χ1) is 6.77. The molecule has 2 rings (SSSR count). The van der Waals surface area contributed by atoms with Crippen molar-refractivity contribution in [3.63, 3.8) is 0 Å². The molecule has 2 heterocycles. The Morgan fingerprint density at radius 3 is 2.64 bits per heavy atom. The lowest BCUT2D eigenvalue weighted by Crippen LogP contribution is -2.46. The van der Waals surface area contributed by atoms with Crippen LogP contribution in [0.4, 0.5) is 5.13 Å². The molecule has 7 heteroatoms. The van der Waals surface area contributed by atoms with Gasteiger partial charge in [0.15, 0.2) is 5.13 Å². The van der Waals surface area contributed by atoms with E-state index in [0.717, 1.165) is 18.2 Å². The normalized spacial score (nSPS) is 21.1. The Balaban J connectivity index is 1.93. The van der Waals surface area contributed by atoms with Crippen LogP contribution in [0, 0.1) is 0 Å². The number of piperazine rings is 1. The lowest BCUT2D eigenvalue weighted by atomic mass is 10.4. The van der Waals surface area contributed by atoms with E-state index in [1.165, 1.54) is 0 Å². The average molecular weight is 233 g/mol. The summed E-state index contributed by atoms with van der Waals surface area (Å²) in [6.45, 7) is 2.75. The van der Waals surface area contributed by atoms with Crippen LogP contribution >= 0.6 is 11.3 Å². The van der Waals surface area contributed by atoms with Gasteiger partial charge in [-0.1, -0.05) is 0 Å². The monoisotopic (exact) mass is 233 g/mol. The second-order valence-corrected chi connectivity index (χ2v) is 4.81. The molecule has 1 saturated heterocycles. The summed E-state index contributed by atoms with van der Waals surface area (Å²) in [6.07, 6.45) is 1.77. The SMILES string of the molecule is O=S(O)N1CCN(c2nccs2)CC1. The van der Waals surface area contributed by atoms with Crippen LogP contribution in [0.2, 0.25) is 0 Å². The van der Waals surface area contributed by atoms with Crippen molar-refractivity contribution in [1.29, 1.82) is 0 Å². The predicted molar refractivity (Wildman–Crippen MR) is 56.7 cm³/mol. The molecule has 0 bridgehead atoms. The maximum atomic E-state index is 10.8. The Morgan fingerprint density at radius 1 is 1.43 bits per heavy atom. The van der Waals surface area contributed by atoms with Gasteiger partial charge in [0.2, 0.25) is 11.3 Å². The lowest BCUT2D eigenvalue weighted by molar-refractivity contribution is 0.373. The fourth-order valence-corrected chi connectivity index (χ4v) is 2.58. The molecule has 0 aromatic carbocycles. The van der Waals surface area contributed by atoms with Crippen molar-refractivity contribution < 1.29 is 8.76 Å². The van der Waals surface area contributed by atoms with Crippen molar-refractivity contribution in [2.75, 3.05) is 31.1 Å². The van der Waals surface area contributed by atoms with Gasteiger partial charge in [0.25, 0.3) is 0 Å². The zero-order chi connectivity index (χ0) is 9.97. The smallest absolute Gasteiger partial charge is 0.234 e. The Kier molecular flexibility index (Phi) is 3.12. The molecule has 1 unspecified atom stereocenters. The van der Waals surface area contributed by atoms with E-state index in [9.17, 15) is 4.21 Å². The van der Waals surface area contributed by atoms with Crippen LogP contribution in [0.3, 0.4) is 0 Å². The molecule has 0 saturated carbocycles. The van der Waals surface area contributed by atoms with Gasteiger partial charge in [0.05, 0.1) is 0 Å². The van der Waals surface area contributed by atoms with Gasteiger partial charge in [0, 0.05) is 37.8 Å². The van der Waals surface area contributed by atoms with Crippen molar-refractivity contribution in [2.45, 2.75) is 0 Å². The third kappa shape index (κ3) is 2.11. The average Bonchev–Trinajstić information content (AvgIpc) is 2.71. The lowest BCUT2D eigenvalue weighted by Gasteiger charge is -2.31. The summed E-state index contributed by atoms with van der Waals surface area (Å²) in [5.41, 5.74) is 0. The van der Waals surface area contributed by atoms with Crippen molar-refractivity contribution in [1.82, 2.24) is 9.29 Å². The Labute approximate surface area is 88.8 Å². The van der Waals surface area contributed by atoms with E-state index in [1.54, 1.807) is 21.8 Å². The summed E-state index contributed by atoms with van der Waals surface area (Å²) < 4.78 is 21.2. The largest absolute Gasteiger partial charge is 0.345 e. The molecule has 1 atom stereocenters. The Morgan fingerprint density at radius 2 is 2.14 bits per heavy atom. The molecular weight excluding hydrogens is 222 g/mol. The van der Waals surface area contributed by atoms with Gasteiger partial charge in [-0.2, -0.15) is 4.31 Å². The van der Waals surface area contributed by atoms with Crippen molar-refractivity contribution in [2.24, 2.45) is 0 Å². The topological polar surface area (TPSA) is 56.7 Å². The van der Waals surface area contributed by atoms with Crippen molar-refractivity contribution in [3.05, 3.63) is 11.6 Å². The predicted octanol–water partition coefficient (Wildman–Crippen LogP) is 0.402. The van der Waals surface area contributed by atoms with E-state index in [2.05, 4.69) is 9.88 Å². The minimum atomic E-state index is -1.82. The van der Waals surface area contributed by atoms with Gasteiger partial charge in [0.1, 0.15) is 0 Å². The van der Waals surface area contributed by atoms with Crippen LogP contribution in [0.25, 0.3) is 0 Å². The number of aromatic nitrogens is 1. The molecule has 1 N–H and O–H groups in total. The van der Waals surface area contributed by atoms with Crippen molar-refractivity contribution >= 4 is 27.7 Å². The molecule has 0 radical (unpaired) electrons. The van der Waals surface area contributed by atoms with Crippen LogP contribution in [0.5, 0.6) is 0 Å². The van der Waals surface area contributed by atoms with E-state index in [1.807, 2.05) is 5.38 Å². The molecule has 0 amide bonds. The molecule has 1 aromatic heterocycles. The Hall–Kier alpha value is -0.500. The molecule has 0 spiro atoms. The molecule has 1 fully saturated rings.